The number of likely N-dealkylation sites (tertiary alicyclic amines) is 1. The van der Waals surface area contributed by atoms with Gasteiger partial charge in [0.1, 0.15) is 0 Å². The summed E-state index contributed by atoms with van der Waals surface area (Å²) in [5.41, 5.74) is 1.39. The molecule has 1 unspecified atom stereocenters. The molecule has 6 heteroatoms. The lowest BCUT2D eigenvalue weighted by Crippen LogP contribution is -2.42. The molecule has 4 atom stereocenters. The van der Waals surface area contributed by atoms with Crippen LogP contribution in [-0.2, 0) is 16.1 Å². The molecule has 1 aliphatic rings. The first-order valence-electron chi connectivity index (χ1n) is 9.95. The molecule has 1 saturated heterocycles. The van der Waals surface area contributed by atoms with E-state index in [2.05, 4.69) is 5.32 Å². The van der Waals surface area contributed by atoms with Crippen LogP contribution in [0.1, 0.15) is 35.7 Å². The van der Waals surface area contributed by atoms with E-state index in [0.717, 1.165) is 5.56 Å². The molecule has 0 bridgehead atoms. The quantitative estimate of drug-likeness (QED) is 0.727. The fourth-order valence-corrected chi connectivity index (χ4v) is 3.97. The third kappa shape index (κ3) is 4.82. The van der Waals surface area contributed by atoms with Crippen molar-refractivity contribution in [2.45, 2.75) is 50.7 Å². The second-order valence-electron chi connectivity index (χ2n) is 7.26. The highest BCUT2D eigenvalue weighted by molar-refractivity contribution is 5.89. The second-order valence-corrected chi connectivity index (χ2v) is 7.26. The van der Waals surface area contributed by atoms with Gasteiger partial charge in [-0.15, -0.1) is 0 Å². The van der Waals surface area contributed by atoms with Crippen LogP contribution in [0.3, 0.4) is 0 Å². The van der Waals surface area contributed by atoms with Crippen molar-refractivity contribution < 1.29 is 18.7 Å². The summed E-state index contributed by atoms with van der Waals surface area (Å²) in [5.74, 6) is -0.783. The van der Waals surface area contributed by atoms with Gasteiger partial charge in [0, 0.05) is 26.1 Å². The maximum absolute atomic E-state index is 15.4. The zero-order chi connectivity index (χ0) is 20.8. The summed E-state index contributed by atoms with van der Waals surface area (Å²) < 4.78 is 21.1. The number of carbonyl (C=O) groups is 2. The van der Waals surface area contributed by atoms with Gasteiger partial charge < -0.3 is 10.1 Å². The molecule has 1 N–H and O–H groups in total. The molecule has 5 nitrogen and oxygen atoms in total. The Balaban J connectivity index is 1.87. The third-order valence-corrected chi connectivity index (χ3v) is 5.46. The second kappa shape index (κ2) is 9.65. The van der Waals surface area contributed by atoms with Crippen LogP contribution in [0.5, 0.6) is 0 Å². The van der Waals surface area contributed by atoms with Gasteiger partial charge in [-0.25, -0.2) is 9.18 Å². The SMILES string of the molecule is CC[C@@H]1[C@H](F)C(OC(=O)c2ccccc2)[C@@H](CC(=O)NC)N1Cc1ccccc1. The lowest BCUT2D eigenvalue weighted by Gasteiger charge is -2.30. The first-order valence-corrected chi connectivity index (χ1v) is 9.95. The van der Waals surface area contributed by atoms with E-state index < -0.39 is 30.3 Å². The Kier molecular flexibility index (Phi) is 6.99. The Morgan fingerprint density at radius 3 is 2.24 bits per heavy atom. The van der Waals surface area contributed by atoms with E-state index in [-0.39, 0.29) is 12.3 Å². The first kappa shape index (κ1) is 21.0. The Hall–Kier alpha value is -2.73. The summed E-state index contributed by atoms with van der Waals surface area (Å²) in [5, 5.41) is 2.60. The predicted octanol–water partition coefficient (Wildman–Crippen LogP) is 3.35. The number of esters is 1. The summed E-state index contributed by atoms with van der Waals surface area (Å²) in [6, 6.07) is 17.3. The van der Waals surface area contributed by atoms with Gasteiger partial charge in [-0.1, -0.05) is 55.5 Å². The molecule has 2 aromatic carbocycles. The van der Waals surface area contributed by atoms with Crippen molar-refractivity contribution in [2.75, 3.05) is 7.05 Å². The van der Waals surface area contributed by atoms with Crippen molar-refractivity contribution >= 4 is 11.9 Å². The van der Waals surface area contributed by atoms with E-state index in [0.29, 0.717) is 18.5 Å². The Labute approximate surface area is 170 Å². The minimum absolute atomic E-state index is 0.0625. The molecular weight excluding hydrogens is 371 g/mol. The van der Waals surface area contributed by atoms with Gasteiger partial charge in [-0.2, -0.15) is 0 Å². The van der Waals surface area contributed by atoms with Crippen molar-refractivity contribution in [3.8, 4) is 0 Å². The smallest absolute Gasteiger partial charge is 0.338 e. The van der Waals surface area contributed by atoms with Crippen LogP contribution in [0.15, 0.2) is 60.7 Å². The number of hydrogen-bond acceptors (Lipinski definition) is 4. The molecule has 0 aliphatic carbocycles. The van der Waals surface area contributed by atoms with E-state index in [4.69, 9.17) is 4.74 Å². The van der Waals surface area contributed by atoms with Gasteiger partial charge in [0.15, 0.2) is 12.3 Å². The summed E-state index contributed by atoms with van der Waals surface area (Å²) in [7, 11) is 1.55. The van der Waals surface area contributed by atoms with E-state index in [1.54, 1.807) is 37.4 Å². The molecule has 1 heterocycles. The van der Waals surface area contributed by atoms with Gasteiger partial charge in [-0.05, 0) is 24.1 Å². The largest absolute Gasteiger partial charge is 0.454 e. The number of nitrogens with one attached hydrogen (secondary N) is 1. The van der Waals surface area contributed by atoms with Gasteiger partial charge in [0.05, 0.1) is 11.6 Å². The van der Waals surface area contributed by atoms with E-state index in [9.17, 15) is 9.59 Å². The number of hydrogen-bond donors (Lipinski definition) is 1. The van der Waals surface area contributed by atoms with Crippen LogP contribution < -0.4 is 5.32 Å². The van der Waals surface area contributed by atoms with Crippen LogP contribution in [0.25, 0.3) is 0 Å². The molecule has 0 spiro atoms. The fourth-order valence-electron chi connectivity index (χ4n) is 3.97. The Morgan fingerprint density at radius 1 is 1.03 bits per heavy atom. The number of benzene rings is 2. The van der Waals surface area contributed by atoms with E-state index in [1.165, 1.54) is 0 Å². The van der Waals surface area contributed by atoms with Crippen LogP contribution >= 0.6 is 0 Å². The molecule has 154 valence electrons. The maximum atomic E-state index is 15.4. The molecule has 0 aromatic heterocycles. The van der Waals surface area contributed by atoms with Crippen LogP contribution in [0.4, 0.5) is 4.39 Å². The number of carbonyl (C=O) groups excluding carboxylic acids is 2. The van der Waals surface area contributed by atoms with E-state index >= 15 is 4.39 Å². The Morgan fingerprint density at radius 2 is 1.66 bits per heavy atom. The molecule has 3 rings (SSSR count). The zero-order valence-corrected chi connectivity index (χ0v) is 16.8. The van der Waals surface area contributed by atoms with Crippen molar-refractivity contribution in [3.05, 3.63) is 71.8 Å². The summed E-state index contributed by atoms with van der Waals surface area (Å²) >= 11 is 0. The molecular formula is C23H27FN2O3. The molecule has 1 aliphatic heterocycles. The zero-order valence-electron chi connectivity index (χ0n) is 16.8. The number of alkyl halides is 1. The van der Waals surface area contributed by atoms with Gasteiger partial charge in [0.25, 0.3) is 0 Å². The number of rotatable bonds is 7. The monoisotopic (exact) mass is 398 g/mol. The number of nitrogens with zero attached hydrogens (tertiary/aromatic N) is 1. The molecule has 2 aromatic rings. The minimum Gasteiger partial charge on any atom is -0.454 e. The Bertz CT molecular complexity index is 815. The number of halogens is 1. The van der Waals surface area contributed by atoms with Gasteiger partial charge in [-0.3, -0.25) is 9.69 Å². The van der Waals surface area contributed by atoms with Gasteiger partial charge in [0.2, 0.25) is 5.91 Å². The summed E-state index contributed by atoms with van der Waals surface area (Å²) in [4.78, 5) is 26.7. The summed E-state index contributed by atoms with van der Waals surface area (Å²) in [6.07, 6.45) is -1.76. The maximum Gasteiger partial charge on any atom is 0.338 e. The lowest BCUT2D eigenvalue weighted by molar-refractivity contribution is -0.122. The molecule has 1 amide bonds. The molecule has 0 saturated carbocycles. The minimum atomic E-state index is -1.37. The average Bonchev–Trinajstić information content (AvgIpc) is 2.99. The number of amides is 1. The van der Waals surface area contributed by atoms with Crippen molar-refractivity contribution in [1.82, 2.24) is 10.2 Å². The van der Waals surface area contributed by atoms with Gasteiger partial charge >= 0.3 is 5.97 Å². The predicted molar refractivity (Wildman–Crippen MR) is 109 cm³/mol. The number of ether oxygens (including phenoxy) is 1. The summed E-state index contributed by atoms with van der Waals surface area (Å²) in [6.45, 7) is 2.40. The standard InChI is InChI=1S/C23H27FN2O3/c1-3-18-21(24)22(29-23(28)17-12-8-5-9-13-17)19(14-20(27)25-2)26(18)15-16-10-6-4-7-11-16/h4-13,18-19,21-22H,3,14-15H2,1-2H3,(H,25,27)/t18-,19-,21+,22?/m1/s1. The lowest BCUT2D eigenvalue weighted by atomic mass is 10.0. The van der Waals surface area contributed by atoms with E-state index in [1.807, 2.05) is 42.2 Å². The molecule has 29 heavy (non-hydrogen) atoms. The topological polar surface area (TPSA) is 58.6 Å². The normalized spacial score (nSPS) is 24.2. The van der Waals surface area contributed by atoms with Crippen LogP contribution in [0, 0.1) is 0 Å². The third-order valence-electron chi connectivity index (χ3n) is 5.46. The molecule has 1 fully saturated rings. The highest BCUT2D eigenvalue weighted by Crippen LogP contribution is 2.35. The van der Waals surface area contributed by atoms with Crippen molar-refractivity contribution in [1.29, 1.82) is 0 Å². The van der Waals surface area contributed by atoms with Crippen LogP contribution in [-0.4, -0.2) is 48.2 Å². The van der Waals surface area contributed by atoms with Crippen molar-refractivity contribution in [3.63, 3.8) is 0 Å². The highest BCUT2D eigenvalue weighted by atomic mass is 19.1. The average molecular weight is 398 g/mol. The van der Waals surface area contributed by atoms with Crippen LogP contribution in [0.2, 0.25) is 0 Å². The fraction of sp³-hybridized carbons (Fsp3) is 0.391. The highest BCUT2D eigenvalue weighted by Gasteiger charge is 2.51. The van der Waals surface area contributed by atoms with Crippen molar-refractivity contribution in [2.24, 2.45) is 0 Å². The first-order chi connectivity index (χ1) is 14.0. The molecule has 0 radical (unpaired) electrons.